The van der Waals surface area contributed by atoms with Gasteiger partial charge < -0.3 is 11.1 Å². The van der Waals surface area contributed by atoms with Crippen LogP contribution in [0.15, 0.2) is 63.4 Å². The van der Waals surface area contributed by atoms with Crippen molar-refractivity contribution in [3.8, 4) is 0 Å². The van der Waals surface area contributed by atoms with Gasteiger partial charge in [-0.3, -0.25) is 5.41 Å². The molecule has 7 heteroatoms. The number of hydrogen-bond acceptors (Lipinski definition) is 5. The monoisotopic (exact) mass is 422 g/mol. The van der Waals surface area contributed by atoms with Crippen molar-refractivity contribution in [2.24, 2.45) is 21.9 Å². The number of rotatable bonds is 6. The first-order chi connectivity index (χ1) is 13.1. The van der Waals surface area contributed by atoms with Crippen molar-refractivity contribution in [3.05, 3.63) is 58.7 Å². The van der Waals surface area contributed by atoms with E-state index in [9.17, 15) is 0 Å². The maximum absolute atomic E-state index is 7.47. The number of nitrogens with one attached hydrogen (secondary N) is 2. The summed E-state index contributed by atoms with van der Waals surface area (Å²) in [5.74, 6) is 1.51. The Morgan fingerprint density at radius 2 is 1.96 bits per heavy atom. The van der Waals surface area contributed by atoms with Crippen molar-refractivity contribution < 1.29 is 0 Å². The number of aromatic nitrogens is 1. The largest absolute Gasteiger partial charge is 0.384 e. The summed E-state index contributed by atoms with van der Waals surface area (Å²) in [5.41, 5.74) is 7.58. The minimum atomic E-state index is 0.0353. The summed E-state index contributed by atoms with van der Waals surface area (Å²) in [6, 6.07) is 13.2. The molecule has 3 aromatic rings. The zero-order valence-corrected chi connectivity index (χ0v) is 16.2. The Balaban J connectivity index is 1.71. The fraction of sp³-hybridized carbons (Fsp3) is 0.200. The van der Waals surface area contributed by atoms with Crippen LogP contribution in [0, 0.1) is 11.3 Å². The third kappa shape index (κ3) is 4.14. The Labute approximate surface area is 165 Å². The summed E-state index contributed by atoms with van der Waals surface area (Å²) in [4.78, 5) is 4.56. The molecule has 2 aromatic carbocycles. The van der Waals surface area contributed by atoms with E-state index in [1.54, 1.807) is 24.3 Å². The molecule has 0 spiro atoms. The Morgan fingerprint density at radius 1 is 1.19 bits per heavy atom. The van der Waals surface area contributed by atoms with E-state index in [1.165, 1.54) is 12.8 Å². The number of nitrogens with zero attached hydrogens (tertiary/aromatic N) is 3. The average molecular weight is 423 g/mol. The number of amidine groups is 1. The molecule has 6 nitrogen and oxygen atoms in total. The number of hydrogen-bond donors (Lipinski definition) is 3. The highest BCUT2D eigenvalue weighted by Gasteiger charge is 2.21. The van der Waals surface area contributed by atoms with Gasteiger partial charge in [0.05, 0.1) is 5.69 Å². The van der Waals surface area contributed by atoms with Crippen LogP contribution in [0.3, 0.4) is 0 Å². The fourth-order valence-electron chi connectivity index (χ4n) is 2.78. The predicted octanol–water partition coefficient (Wildman–Crippen LogP) is 5.52. The molecule has 1 aliphatic rings. The van der Waals surface area contributed by atoms with Gasteiger partial charge in [0, 0.05) is 33.6 Å². The van der Waals surface area contributed by atoms with E-state index in [1.807, 2.05) is 24.4 Å². The maximum Gasteiger partial charge on any atom is 0.154 e. The number of halogens is 1. The van der Waals surface area contributed by atoms with Crippen LogP contribution < -0.4 is 11.1 Å². The number of nitrogens with two attached hydrogens (primary N) is 1. The zero-order valence-electron chi connectivity index (χ0n) is 14.6. The Hall–Kier alpha value is -2.80. The van der Waals surface area contributed by atoms with E-state index in [0.717, 1.165) is 39.2 Å². The lowest BCUT2D eigenvalue weighted by atomic mass is 10.1. The SMILES string of the molecule is N=C(N)c1ccc(/N=N/c2c(NCC3CC3)ncc3ccc(Br)cc23)cc1. The highest BCUT2D eigenvalue weighted by Crippen LogP contribution is 2.36. The van der Waals surface area contributed by atoms with Crippen molar-refractivity contribution in [3.63, 3.8) is 0 Å². The second-order valence-corrected chi connectivity index (χ2v) is 7.59. The molecule has 1 aliphatic carbocycles. The van der Waals surface area contributed by atoms with Gasteiger partial charge in [0.15, 0.2) is 5.82 Å². The molecule has 0 unspecified atom stereocenters. The lowest BCUT2D eigenvalue weighted by Gasteiger charge is -2.10. The number of benzene rings is 2. The average Bonchev–Trinajstić information content (AvgIpc) is 3.49. The van der Waals surface area contributed by atoms with E-state index in [4.69, 9.17) is 11.1 Å². The molecule has 0 saturated heterocycles. The first-order valence-electron chi connectivity index (χ1n) is 8.78. The van der Waals surface area contributed by atoms with Crippen LogP contribution >= 0.6 is 15.9 Å². The van der Waals surface area contributed by atoms with Crippen molar-refractivity contribution in [1.29, 1.82) is 5.41 Å². The molecule has 27 heavy (non-hydrogen) atoms. The summed E-state index contributed by atoms with van der Waals surface area (Å²) in [7, 11) is 0. The summed E-state index contributed by atoms with van der Waals surface area (Å²) >= 11 is 3.54. The Bertz CT molecular complexity index is 1020. The molecule has 0 bridgehead atoms. The quantitative estimate of drug-likeness (QED) is 0.277. The van der Waals surface area contributed by atoms with Gasteiger partial charge in [0.1, 0.15) is 11.5 Å². The smallest absolute Gasteiger partial charge is 0.154 e. The molecule has 0 amide bonds. The van der Waals surface area contributed by atoms with Gasteiger partial charge in [-0.25, -0.2) is 4.98 Å². The van der Waals surface area contributed by atoms with Gasteiger partial charge in [0.2, 0.25) is 0 Å². The van der Waals surface area contributed by atoms with E-state index in [2.05, 4.69) is 36.5 Å². The van der Waals surface area contributed by atoms with Crippen LogP contribution in [-0.2, 0) is 0 Å². The Kier molecular flexibility index (Phi) is 4.85. The summed E-state index contributed by atoms with van der Waals surface area (Å²) in [6.07, 6.45) is 4.40. The van der Waals surface area contributed by atoms with Crippen LogP contribution in [0.1, 0.15) is 18.4 Å². The number of pyridine rings is 1. The molecular formula is C20H19BrN6. The Morgan fingerprint density at radius 3 is 2.67 bits per heavy atom. The van der Waals surface area contributed by atoms with Crippen LogP contribution in [0.4, 0.5) is 17.2 Å². The predicted molar refractivity (Wildman–Crippen MR) is 112 cm³/mol. The number of anilines is 1. The number of fused-ring (bicyclic) bond motifs is 1. The molecule has 1 fully saturated rings. The minimum Gasteiger partial charge on any atom is -0.384 e. The van der Waals surface area contributed by atoms with Crippen molar-refractivity contribution >= 4 is 49.7 Å². The number of nitrogen functional groups attached to an aromatic ring is 1. The molecule has 0 radical (unpaired) electrons. The molecule has 1 aromatic heterocycles. The van der Waals surface area contributed by atoms with E-state index >= 15 is 0 Å². The zero-order chi connectivity index (χ0) is 18.8. The van der Waals surface area contributed by atoms with Gasteiger partial charge in [-0.1, -0.05) is 22.0 Å². The summed E-state index contributed by atoms with van der Waals surface area (Å²) < 4.78 is 0.983. The lowest BCUT2D eigenvalue weighted by molar-refractivity contribution is 0.883. The first-order valence-corrected chi connectivity index (χ1v) is 9.58. The molecule has 0 atom stereocenters. The third-order valence-electron chi connectivity index (χ3n) is 4.53. The highest BCUT2D eigenvalue weighted by atomic mass is 79.9. The van der Waals surface area contributed by atoms with E-state index < -0.39 is 0 Å². The molecule has 0 aliphatic heterocycles. The van der Waals surface area contributed by atoms with Crippen LogP contribution in [-0.4, -0.2) is 17.4 Å². The van der Waals surface area contributed by atoms with Crippen molar-refractivity contribution in [1.82, 2.24) is 4.98 Å². The molecule has 1 heterocycles. The molecule has 136 valence electrons. The van der Waals surface area contributed by atoms with Gasteiger partial charge >= 0.3 is 0 Å². The standard InChI is InChI=1S/C20H19BrN6/c21-15-6-3-14-11-25-20(24-10-12-1-2-12)18(17(14)9-15)27-26-16-7-4-13(5-8-16)19(22)23/h3-9,11-12H,1-2,10H2,(H3,22,23)(H,24,25)/b27-26+. The van der Waals surface area contributed by atoms with Crippen molar-refractivity contribution in [2.45, 2.75) is 12.8 Å². The summed E-state index contributed by atoms with van der Waals surface area (Å²) in [6.45, 7) is 0.905. The maximum atomic E-state index is 7.47. The minimum absolute atomic E-state index is 0.0353. The third-order valence-corrected chi connectivity index (χ3v) is 5.02. The van der Waals surface area contributed by atoms with Gasteiger partial charge in [-0.2, -0.15) is 5.11 Å². The molecule has 1 saturated carbocycles. The second-order valence-electron chi connectivity index (χ2n) is 6.67. The van der Waals surface area contributed by atoms with Crippen LogP contribution in [0.25, 0.3) is 10.8 Å². The normalized spacial score (nSPS) is 14.0. The van der Waals surface area contributed by atoms with Gasteiger partial charge in [-0.05, 0) is 55.2 Å². The highest BCUT2D eigenvalue weighted by molar-refractivity contribution is 9.10. The van der Waals surface area contributed by atoms with Gasteiger partial charge in [-0.15, -0.1) is 5.11 Å². The van der Waals surface area contributed by atoms with Crippen LogP contribution in [0.2, 0.25) is 0 Å². The molecule has 4 N–H and O–H groups in total. The summed E-state index contributed by atoms with van der Waals surface area (Å²) in [5, 5.41) is 21.8. The number of azo groups is 1. The molecular weight excluding hydrogens is 404 g/mol. The van der Waals surface area contributed by atoms with Crippen LogP contribution in [0.5, 0.6) is 0 Å². The van der Waals surface area contributed by atoms with Crippen molar-refractivity contribution in [2.75, 3.05) is 11.9 Å². The van der Waals surface area contributed by atoms with E-state index in [0.29, 0.717) is 11.3 Å². The second kappa shape index (κ2) is 7.44. The molecule has 4 rings (SSSR count). The fourth-order valence-corrected chi connectivity index (χ4v) is 3.14. The topological polar surface area (TPSA) is 99.5 Å². The first kappa shape index (κ1) is 17.6. The van der Waals surface area contributed by atoms with Gasteiger partial charge in [0.25, 0.3) is 0 Å². The lowest BCUT2D eigenvalue weighted by Crippen LogP contribution is -2.10. The van der Waals surface area contributed by atoms with E-state index in [-0.39, 0.29) is 5.84 Å².